The molecule has 1 fully saturated rings. The summed E-state index contributed by atoms with van der Waals surface area (Å²) in [5.74, 6) is -0.152. The molecule has 3 amide bonds. The monoisotopic (exact) mass is 450 g/mol. The van der Waals surface area contributed by atoms with Gasteiger partial charge in [0.1, 0.15) is 6.04 Å². The van der Waals surface area contributed by atoms with Crippen LogP contribution in [0.15, 0.2) is 60.7 Å². The van der Waals surface area contributed by atoms with Gasteiger partial charge in [-0.25, -0.2) is 0 Å². The highest BCUT2D eigenvalue weighted by Gasteiger charge is 2.27. The Morgan fingerprint density at radius 1 is 0.909 bits per heavy atom. The van der Waals surface area contributed by atoms with Crippen LogP contribution in [0.5, 0.6) is 0 Å². The molecule has 1 unspecified atom stereocenters. The summed E-state index contributed by atoms with van der Waals surface area (Å²) in [5.41, 5.74) is 1.55. The van der Waals surface area contributed by atoms with Gasteiger partial charge >= 0.3 is 0 Å². The minimum absolute atomic E-state index is 0.0131. The van der Waals surface area contributed by atoms with Gasteiger partial charge in [0.2, 0.25) is 17.7 Å². The Bertz CT molecular complexity index is 910. The Hall–Kier alpha value is -3.19. The molecule has 2 aromatic rings. The van der Waals surface area contributed by atoms with Crippen molar-refractivity contribution in [2.75, 3.05) is 25.0 Å². The van der Waals surface area contributed by atoms with E-state index in [1.54, 1.807) is 0 Å². The van der Waals surface area contributed by atoms with E-state index in [1.165, 1.54) is 0 Å². The molecule has 1 atom stereocenters. The van der Waals surface area contributed by atoms with Crippen molar-refractivity contribution < 1.29 is 14.4 Å². The van der Waals surface area contributed by atoms with Gasteiger partial charge in [-0.2, -0.15) is 0 Å². The van der Waals surface area contributed by atoms with Crippen LogP contribution in [0.25, 0.3) is 0 Å². The second-order valence-corrected chi connectivity index (χ2v) is 8.98. The molecule has 0 radical (unpaired) electrons. The molecule has 0 aliphatic carbocycles. The highest BCUT2D eigenvalue weighted by Crippen LogP contribution is 2.17. The van der Waals surface area contributed by atoms with E-state index in [2.05, 4.69) is 20.9 Å². The number of amides is 3. The van der Waals surface area contributed by atoms with Gasteiger partial charge in [0.15, 0.2) is 0 Å². The Balaban J connectivity index is 1.50. The maximum atomic E-state index is 13.1. The molecule has 0 saturated carbocycles. The minimum atomic E-state index is -0.716. The molecule has 1 aliphatic rings. The van der Waals surface area contributed by atoms with Crippen molar-refractivity contribution in [1.82, 2.24) is 15.5 Å². The zero-order valence-electron chi connectivity index (χ0n) is 19.4. The summed E-state index contributed by atoms with van der Waals surface area (Å²) in [4.78, 5) is 39.9. The lowest BCUT2D eigenvalue weighted by atomic mass is 10.0. The van der Waals surface area contributed by atoms with Crippen molar-refractivity contribution in [2.45, 2.75) is 45.2 Å². The molecule has 3 N–H and O–H groups in total. The molecule has 0 bridgehead atoms. The summed E-state index contributed by atoms with van der Waals surface area (Å²) in [6.45, 7) is 5.73. The van der Waals surface area contributed by atoms with Crippen molar-refractivity contribution in [3.8, 4) is 0 Å². The summed E-state index contributed by atoms with van der Waals surface area (Å²) >= 11 is 0. The number of carbonyl (C=O) groups is 3. The second-order valence-electron chi connectivity index (χ2n) is 8.98. The van der Waals surface area contributed by atoms with Crippen molar-refractivity contribution in [2.24, 2.45) is 5.92 Å². The number of nitrogens with zero attached hydrogens (tertiary/aromatic N) is 1. The summed E-state index contributed by atoms with van der Waals surface area (Å²) in [7, 11) is 0. The quantitative estimate of drug-likeness (QED) is 0.548. The molecule has 3 rings (SSSR count). The van der Waals surface area contributed by atoms with E-state index < -0.39 is 6.04 Å². The molecule has 7 nitrogen and oxygen atoms in total. The number of carbonyl (C=O) groups excluding carboxylic acids is 3. The van der Waals surface area contributed by atoms with Crippen molar-refractivity contribution in [3.63, 3.8) is 0 Å². The molecule has 2 aromatic carbocycles. The maximum Gasteiger partial charge on any atom is 0.247 e. The highest BCUT2D eigenvalue weighted by molar-refractivity contribution is 5.92. The van der Waals surface area contributed by atoms with Gasteiger partial charge in [0, 0.05) is 31.2 Å². The average molecular weight is 451 g/mol. The lowest BCUT2D eigenvalue weighted by Crippen LogP contribution is -2.49. The van der Waals surface area contributed by atoms with E-state index in [9.17, 15) is 14.4 Å². The second kappa shape index (κ2) is 12.2. The van der Waals surface area contributed by atoms with Gasteiger partial charge in [-0.15, -0.1) is 0 Å². The molecule has 1 aliphatic heterocycles. The van der Waals surface area contributed by atoms with Gasteiger partial charge in [-0.3, -0.25) is 19.3 Å². The smallest absolute Gasteiger partial charge is 0.247 e. The first-order valence-corrected chi connectivity index (χ1v) is 11.6. The van der Waals surface area contributed by atoms with Crippen LogP contribution in [0.4, 0.5) is 5.69 Å². The molecule has 33 heavy (non-hydrogen) atoms. The predicted octanol–water partition coefficient (Wildman–Crippen LogP) is 3.11. The van der Waals surface area contributed by atoms with Gasteiger partial charge in [-0.1, -0.05) is 62.4 Å². The number of hydrogen-bond acceptors (Lipinski definition) is 4. The first kappa shape index (κ1) is 24.5. The number of likely N-dealkylation sites (tertiary alicyclic amines) is 1. The van der Waals surface area contributed by atoms with Crippen LogP contribution in [-0.4, -0.2) is 48.3 Å². The van der Waals surface area contributed by atoms with Gasteiger partial charge in [-0.05, 0) is 36.5 Å². The fraction of sp³-hybridized carbons (Fsp3) is 0.423. The third kappa shape index (κ3) is 8.02. The third-order valence-electron chi connectivity index (χ3n) is 5.65. The molecule has 7 heteroatoms. The van der Waals surface area contributed by atoms with Gasteiger partial charge in [0.05, 0.1) is 6.54 Å². The maximum absolute atomic E-state index is 13.1. The van der Waals surface area contributed by atoms with E-state index in [-0.39, 0.29) is 29.7 Å². The number of para-hydroxylation sites is 1. The zero-order valence-corrected chi connectivity index (χ0v) is 19.4. The molecule has 176 valence electrons. The molecular formula is C26H34N4O3. The van der Waals surface area contributed by atoms with Gasteiger partial charge < -0.3 is 16.0 Å². The van der Waals surface area contributed by atoms with E-state index in [4.69, 9.17) is 0 Å². The summed E-state index contributed by atoms with van der Waals surface area (Å²) in [6.07, 6.45) is 1.89. The van der Waals surface area contributed by atoms with E-state index in [1.807, 2.05) is 74.5 Å². The largest absolute Gasteiger partial charge is 0.351 e. The Morgan fingerprint density at radius 2 is 1.52 bits per heavy atom. The topological polar surface area (TPSA) is 90.5 Å². The van der Waals surface area contributed by atoms with Crippen LogP contribution in [0.2, 0.25) is 0 Å². The average Bonchev–Trinajstić information content (AvgIpc) is 2.79. The van der Waals surface area contributed by atoms with E-state index in [0.717, 1.165) is 37.2 Å². The summed E-state index contributed by atoms with van der Waals surface area (Å²) in [5, 5.41) is 8.91. The summed E-state index contributed by atoms with van der Waals surface area (Å²) < 4.78 is 0. The van der Waals surface area contributed by atoms with Crippen LogP contribution < -0.4 is 16.0 Å². The molecule has 1 saturated heterocycles. The van der Waals surface area contributed by atoms with Gasteiger partial charge in [0.25, 0.3) is 0 Å². The normalized spacial score (nSPS) is 15.6. The van der Waals surface area contributed by atoms with E-state index >= 15 is 0 Å². The fourth-order valence-electron chi connectivity index (χ4n) is 3.98. The minimum Gasteiger partial charge on any atom is -0.351 e. The van der Waals surface area contributed by atoms with Crippen molar-refractivity contribution in [1.29, 1.82) is 0 Å². The Kier molecular flexibility index (Phi) is 9.01. The van der Waals surface area contributed by atoms with E-state index in [0.29, 0.717) is 13.0 Å². The fourth-order valence-corrected chi connectivity index (χ4v) is 3.98. The molecule has 0 aromatic heterocycles. The number of hydrogen-bond donors (Lipinski definition) is 3. The van der Waals surface area contributed by atoms with Crippen molar-refractivity contribution in [3.05, 3.63) is 66.2 Å². The number of anilines is 1. The standard InChI is InChI=1S/C26H34N4O3/c1-19(2)17-23(31)29-25(20-9-5-3-6-10-20)26(33)28-22-13-15-30(16-14-22)18-24(32)27-21-11-7-4-8-12-21/h3-12,19,22,25H,13-18H2,1-2H3,(H,27,32)(H,28,33)(H,29,31). The SMILES string of the molecule is CC(C)CC(=O)NC(C(=O)NC1CCN(CC(=O)Nc2ccccc2)CC1)c1ccccc1. The number of piperidine rings is 1. The van der Waals surface area contributed by atoms with Crippen LogP contribution >= 0.6 is 0 Å². The van der Waals surface area contributed by atoms with Crippen LogP contribution in [0.1, 0.15) is 44.7 Å². The van der Waals surface area contributed by atoms with Crippen LogP contribution in [0.3, 0.4) is 0 Å². The zero-order chi connectivity index (χ0) is 23.6. The van der Waals surface area contributed by atoms with Crippen LogP contribution in [0, 0.1) is 5.92 Å². The molecule has 0 spiro atoms. The Morgan fingerprint density at radius 3 is 2.12 bits per heavy atom. The molecular weight excluding hydrogens is 416 g/mol. The number of rotatable bonds is 9. The third-order valence-corrected chi connectivity index (χ3v) is 5.65. The number of benzene rings is 2. The van der Waals surface area contributed by atoms with Crippen molar-refractivity contribution >= 4 is 23.4 Å². The predicted molar refractivity (Wildman–Crippen MR) is 129 cm³/mol. The highest BCUT2D eigenvalue weighted by atomic mass is 16.2. The molecule has 1 heterocycles. The first-order chi connectivity index (χ1) is 15.9. The number of nitrogens with one attached hydrogen (secondary N) is 3. The van der Waals surface area contributed by atoms with Crippen LogP contribution in [-0.2, 0) is 14.4 Å². The lowest BCUT2D eigenvalue weighted by molar-refractivity contribution is -0.130. The Labute approximate surface area is 195 Å². The lowest BCUT2D eigenvalue weighted by Gasteiger charge is -2.32. The first-order valence-electron chi connectivity index (χ1n) is 11.6. The summed E-state index contributed by atoms with van der Waals surface area (Å²) in [6, 6.07) is 18.0.